The lowest BCUT2D eigenvalue weighted by atomic mass is 9.97. The number of fused-ring (bicyclic) bond motifs is 1. The Bertz CT molecular complexity index is 1520. The van der Waals surface area contributed by atoms with Crippen LogP contribution in [0.4, 0.5) is 5.69 Å². The van der Waals surface area contributed by atoms with Crippen molar-refractivity contribution in [3.8, 4) is 23.1 Å². The largest absolute Gasteiger partial charge is 0.497 e. The van der Waals surface area contributed by atoms with Crippen molar-refractivity contribution in [1.29, 1.82) is 5.26 Å². The summed E-state index contributed by atoms with van der Waals surface area (Å²) < 4.78 is 11.4. The van der Waals surface area contributed by atoms with Crippen molar-refractivity contribution < 1.29 is 13.9 Å². The van der Waals surface area contributed by atoms with E-state index in [2.05, 4.69) is 11.4 Å². The number of ether oxygens (including phenoxy) is 1. The number of hydrogen-bond acceptors (Lipinski definition) is 5. The van der Waals surface area contributed by atoms with Gasteiger partial charge in [0.25, 0.3) is 0 Å². The summed E-state index contributed by atoms with van der Waals surface area (Å²) >= 11 is 0. The molecular formula is C30H22N2O3. The van der Waals surface area contributed by atoms with Gasteiger partial charge in [-0.1, -0.05) is 30.3 Å². The smallest absolute Gasteiger partial charge is 0.197 e. The fraction of sp³-hybridized carbons (Fsp3) is 0.0667. The predicted octanol–water partition coefficient (Wildman–Crippen LogP) is 6.82. The van der Waals surface area contributed by atoms with Gasteiger partial charge < -0.3 is 14.5 Å². The molecule has 5 aromatic rings. The Hall–Kier alpha value is -4.82. The number of rotatable bonds is 7. The lowest BCUT2D eigenvalue weighted by molar-refractivity contribution is 0.104. The topological polar surface area (TPSA) is 75.3 Å². The van der Waals surface area contributed by atoms with E-state index in [1.165, 1.54) is 0 Å². The molecule has 0 amide bonds. The number of carbonyl (C=O) groups excluding carboxylic acids is 1. The minimum absolute atomic E-state index is 0.0978. The van der Waals surface area contributed by atoms with Crippen LogP contribution >= 0.6 is 0 Å². The first-order valence-corrected chi connectivity index (χ1v) is 11.2. The molecule has 0 fully saturated rings. The zero-order valence-electron chi connectivity index (χ0n) is 19.1. The Balaban J connectivity index is 1.42. The SMILES string of the molecule is COc1ccc(-c2oc3ccccc3c2C(=O)c2ccc(NCc3ccc(C#N)cc3)cc2)cc1. The van der Waals surface area contributed by atoms with E-state index < -0.39 is 0 Å². The average Bonchev–Trinajstić information content (AvgIpc) is 3.32. The molecule has 4 aromatic carbocycles. The average molecular weight is 459 g/mol. The van der Waals surface area contributed by atoms with Gasteiger partial charge in [0.2, 0.25) is 0 Å². The van der Waals surface area contributed by atoms with Gasteiger partial charge in [0.1, 0.15) is 17.1 Å². The van der Waals surface area contributed by atoms with Crippen LogP contribution in [0.5, 0.6) is 5.75 Å². The number of para-hydroxylation sites is 1. The van der Waals surface area contributed by atoms with Gasteiger partial charge >= 0.3 is 0 Å². The van der Waals surface area contributed by atoms with Crippen molar-refractivity contribution in [2.24, 2.45) is 0 Å². The predicted molar refractivity (Wildman–Crippen MR) is 137 cm³/mol. The van der Waals surface area contributed by atoms with Crippen LogP contribution in [0, 0.1) is 11.3 Å². The van der Waals surface area contributed by atoms with Crippen LogP contribution in [0.2, 0.25) is 0 Å². The van der Waals surface area contributed by atoms with Crippen LogP contribution in [0.25, 0.3) is 22.3 Å². The first kappa shape index (κ1) is 22.0. The highest BCUT2D eigenvalue weighted by atomic mass is 16.5. The maximum Gasteiger partial charge on any atom is 0.197 e. The van der Waals surface area contributed by atoms with Crippen molar-refractivity contribution >= 4 is 22.4 Å². The minimum atomic E-state index is -0.0978. The van der Waals surface area contributed by atoms with E-state index in [9.17, 15) is 4.79 Å². The normalized spacial score (nSPS) is 10.6. The minimum Gasteiger partial charge on any atom is -0.497 e. The molecule has 0 aliphatic carbocycles. The summed E-state index contributed by atoms with van der Waals surface area (Å²) in [4.78, 5) is 13.7. The molecule has 35 heavy (non-hydrogen) atoms. The summed E-state index contributed by atoms with van der Waals surface area (Å²) in [5, 5.41) is 13.1. The van der Waals surface area contributed by atoms with Gasteiger partial charge in [-0.05, 0) is 72.3 Å². The molecule has 5 rings (SSSR count). The number of carbonyl (C=O) groups is 1. The third-order valence-electron chi connectivity index (χ3n) is 5.90. The first-order valence-electron chi connectivity index (χ1n) is 11.2. The summed E-state index contributed by atoms with van der Waals surface area (Å²) in [6.45, 7) is 0.618. The molecule has 1 N–H and O–H groups in total. The molecule has 0 saturated heterocycles. The van der Waals surface area contributed by atoms with Gasteiger partial charge in [0.15, 0.2) is 5.78 Å². The second-order valence-electron chi connectivity index (χ2n) is 8.10. The Morgan fingerprint density at radius 2 is 1.63 bits per heavy atom. The van der Waals surface area contributed by atoms with Crippen LogP contribution in [0.1, 0.15) is 27.0 Å². The number of nitrogens with one attached hydrogen (secondary N) is 1. The molecule has 1 aromatic heterocycles. The van der Waals surface area contributed by atoms with Gasteiger partial charge in [0, 0.05) is 28.7 Å². The zero-order valence-corrected chi connectivity index (χ0v) is 19.1. The van der Waals surface area contributed by atoms with Crippen molar-refractivity contribution in [2.45, 2.75) is 6.54 Å². The van der Waals surface area contributed by atoms with E-state index in [0.717, 1.165) is 28.0 Å². The van der Waals surface area contributed by atoms with E-state index in [-0.39, 0.29) is 5.78 Å². The first-order chi connectivity index (χ1) is 17.2. The lowest BCUT2D eigenvalue weighted by Crippen LogP contribution is -2.04. The molecule has 5 heteroatoms. The highest BCUT2D eigenvalue weighted by Gasteiger charge is 2.23. The number of hydrogen-bond donors (Lipinski definition) is 1. The molecule has 5 nitrogen and oxygen atoms in total. The van der Waals surface area contributed by atoms with Gasteiger partial charge in [0.05, 0.1) is 24.3 Å². The molecule has 0 aliphatic heterocycles. The van der Waals surface area contributed by atoms with Gasteiger partial charge in [-0.3, -0.25) is 4.79 Å². The van der Waals surface area contributed by atoms with Crippen LogP contribution in [0.15, 0.2) is 101 Å². The molecule has 0 atom stereocenters. The fourth-order valence-electron chi connectivity index (χ4n) is 4.00. The van der Waals surface area contributed by atoms with E-state index in [0.29, 0.717) is 34.6 Å². The molecule has 0 spiro atoms. The quantitative estimate of drug-likeness (QED) is 0.271. The number of nitriles is 1. The number of methoxy groups -OCH3 is 1. The number of anilines is 1. The van der Waals surface area contributed by atoms with Gasteiger partial charge in [-0.25, -0.2) is 0 Å². The summed E-state index contributed by atoms with van der Waals surface area (Å²) in [5.74, 6) is 1.18. The standard InChI is InChI=1S/C30H22N2O3/c1-34-25-16-12-23(13-17-25)30-28(26-4-2-3-5-27(26)35-30)29(33)22-10-14-24(15-11-22)32-19-21-8-6-20(18-31)7-9-21/h2-17,32H,19H2,1H3. The third-order valence-corrected chi connectivity index (χ3v) is 5.90. The second kappa shape index (κ2) is 9.58. The third kappa shape index (κ3) is 4.50. The Labute approximate surface area is 203 Å². The van der Waals surface area contributed by atoms with Crippen LogP contribution < -0.4 is 10.1 Å². The number of benzene rings is 4. The lowest BCUT2D eigenvalue weighted by Gasteiger charge is -2.08. The Kier molecular flexibility index (Phi) is 6.02. The highest BCUT2D eigenvalue weighted by Crippen LogP contribution is 2.36. The summed E-state index contributed by atoms with van der Waals surface area (Å²) in [6, 6.07) is 32.1. The van der Waals surface area contributed by atoms with Crippen molar-refractivity contribution in [3.05, 3.63) is 119 Å². The summed E-state index contributed by atoms with van der Waals surface area (Å²) in [5.41, 5.74) is 5.21. The van der Waals surface area contributed by atoms with Gasteiger partial charge in [-0.15, -0.1) is 0 Å². The van der Waals surface area contributed by atoms with E-state index >= 15 is 0 Å². The molecule has 0 unspecified atom stereocenters. The number of furan rings is 1. The second-order valence-corrected chi connectivity index (χ2v) is 8.10. The molecule has 0 bridgehead atoms. The maximum absolute atomic E-state index is 13.7. The number of ketones is 1. The highest BCUT2D eigenvalue weighted by molar-refractivity contribution is 6.19. The van der Waals surface area contributed by atoms with E-state index in [1.54, 1.807) is 19.2 Å². The van der Waals surface area contributed by atoms with Crippen molar-refractivity contribution in [2.75, 3.05) is 12.4 Å². The number of nitrogens with zero attached hydrogens (tertiary/aromatic N) is 1. The van der Waals surface area contributed by atoms with Crippen LogP contribution in [-0.4, -0.2) is 12.9 Å². The maximum atomic E-state index is 13.7. The molecule has 1 heterocycles. The van der Waals surface area contributed by atoms with Crippen molar-refractivity contribution in [3.63, 3.8) is 0 Å². The Morgan fingerprint density at radius 3 is 2.31 bits per heavy atom. The Morgan fingerprint density at radius 1 is 0.914 bits per heavy atom. The van der Waals surface area contributed by atoms with E-state index in [4.69, 9.17) is 14.4 Å². The zero-order chi connectivity index (χ0) is 24.2. The summed E-state index contributed by atoms with van der Waals surface area (Å²) in [7, 11) is 1.62. The van der Waals surface area contributed by atoms with Crippen LogP contribution in [-0.2, 0) is 6.54 Å². The molecular weight excluding hydrogens is 436 g/mol. The monoisotopic (exact) mass is 458 g/mol. The van der Waals surface area contributed by atoms with Gasteiger partial charge in [-0.2, -0.15) is 5.26 Å². The van der Waals surface area contributed by atoms with Crippen LogP contribution in [0.3, 0.4) is 0 Å². The van der Waals surface area contributed by atoms with E-state index in [1.807, 2.05) is 84.9 Å². The molecule has 170 valence electrons. The fourth-order valence-corrected chi connectivity index (χ4v) is 4.00. The molecule has 0 saturated carbocycles. The molecule has 0 radical (unpaired) electrons. The van der Waals surface area contributed by atoms with Crippen molar-refractivity contribution in [1.82, 2.24) is 0 Å². The summed E-state index contributed by atoms with van der Waals surface area (Å²) in [6.07, 6.45) is 0. The molecule has 0 aliphatic rings.